The monoisotopic (exact) mass is 327 g/mol. The summed E-state index contributed by atoms with van der Waals surface area (Å²) in [6.45, 7) is 3.64. The zero-order valence-corrected chi connectivity index (χ0v) is 13.9. The highest BCUT2D eigenvalue weighted by atomic mass is 35.5. The quantitative estimate of drug-likeness (QED) is 0.769. The van der Waals surface area contributed by atoms with E-state index < -0.39 is 11.5 Å². The number of carbonyl (C=O) groups excluding carboxylic acids is 1. The number of benzene rings is 1. The van der Waals surface area contributed by atoms with Gasteiger partial charge in [-0.1, -0.05) is 17.7 Å². The lowest BCUT2D eigenvalue weighted by Gasteiger charge is -2.25. The van der Waals surface area contributed by atoms with Gasteiger partial charge in [0.1, 0.15) is 5.75 Å². The number of aliphatic carboxylic acids is 1. The Bertz CT molecular complexity index is 543. The minimum absolute atomic E-state index is 0.0291. The molecule has 0 radical (unpaired) electrons. The maximum absolute atomic E-state index is 12.0. The highest BCUT2D eigenvalue weighted by Crippen LogP contribution is 2.25. The first-order valence-electron chi connectivity index (χ1n) is 7.09. The molecule has 0 aliphatic rings. The zero-order valence-electron chi connectivity index (χ0n) is 13.1. The number of halogens is 1. The number of rotatable bonds is 8. The molecule has 1 aromatic rings. The average Bonchev–Trinajstić information content (AvgIpc) is 2.43. The molecule has 6 heteroatoms. The second-order valence-electron chi connectivity index (χ2n) is 5.79. The van der Waals surface area contributed by atoms with Crippen molar-refractivity contribution in [2.75, 3.05) is 7.11 Å². The van der Waals surface area contributed by atoms with E-state index in [1.54, 1.807) is 19.2 Å². The van der Waals surface area contributed by atoms with Crippen molar-refractivity contribution in [3.8, 4) is 5.75 Å². The molecule has 0 saturated heterocycles. The van der Waals surface area contributed by atoms with Crippen LogP contribution in [0.1, 0.15) is 38.7 Å². The van der Waals surface area contributed by atoms with Crippen LogP contribution in [0.15, 0.2) is 18.2 Å². The molecule has 0 heterocycles. The van der Waals surface area contributed by atoms with Gasteiger partial charge in [0.2, 0.25) is 5.91 Å². The second kappa shape index (κ2) is 8.03. The number of methoxy groups -OCH3 is 1. The van der Waals surface area contributed by atoms with E-state index in [1.807, 2.05) is 19.9 Å². The predicted octanol–water partition coefficient (Wildman–Crippen LogP) is 3.04. The van der Waals surface area contributed by atoms with Crippen molar-refractivity contribution in [1.29, 1.82) is 0 Å². The molecule has 0 aliphatic heterocycles. The lowest BCUT2D eigenvalue weighted by atomic mass is 9.98. The number of nitrogens with one attached hydrogen (secondary N) is 1. The fourth-order valence-corrected chi connectivity index (χ4v) is 2.33. The predicted molar refractivity (Wildman–Crippen MR) is 85.4 cm³/mol. The van der Waals surface area contributed by atoms with Crippen LogP contribution in [0.5, 0.6) is 5.75 Å². The number of aryl methyl sites for hydroxylation is 1. The summed E-state index contributed by atoms with van der Waals surface area (Å²) in [5, 5.41) is 12.1. The van der Waals surface area contributed by atoms with Gasteiger partial charge in [-0.2, -0.15) is 0 Å². The number of amides is 1. The van der Waals surface area contributed by atoms with E-state index in [9.17, 15) is 9.59 Å². The van der Waals surface area contributed by atoms with Gasteiger partial charge >= 0.3 is 5.97 Å². The van der Waals surface area contributed by atoms with Crippen LogP contribution in [0.2, 0.25) is 5.02 Å². The number of hydrogen-bond donors (Lipinski definition) is 2. The molecule has 0 atom stereocenters. The van der Waals surface area contributed by atoms with Crippen molar-refractivity contribution in [2.45, 2.75) is 45.1 Å². The number of carboxylic acid groups (broad SMARTS) is 1. The highest BCUT2D eigenvalue weighted by Gasteiger charge is 2.21. The molecule has 0 unspecified atom stereocenters. The van der Waals surface area contributed by atoms with E-state index in [2.05, 4.69) is 5.32 Å². The molecule has 0 saturated carbocycles. The fourth-order valence-electron chi connectivity index (χ4n) is 2.05. The van der Waals surface area contributed by atoms with Gasteiger partial charge in [0.15, 0.2) is 0 Å². The molecule has 1 amide bonds. The number of carbonyl (C=O) groups is 2. The summed E-state index contributed by atoms with van der Waals surface area (Å²) in [5.41, 5.74) is 0.414. The van der Waals surface area contributed by atoms with Gasteiger partial charge in [-0.3, -0.25) is 9.59 Å². The molecule has 0 fully saturated rings. The number of ether oxygens (including phenoxy) is 1. The lowest BCUT2D eigenvalue weighted by molar-refractivity contribution is -0.137. The normalized spacial score (nSPS) is 11.1. The minimum Gasteiger partial charge on any atom is -0.495 e. The van der Waals surface area contributed by atoms with Crippen molar-refractivity contribution in [3.63, 3.8) is 0 Å². The van der Waals surface area contributed by atoms with Gasteiger partial charge in [0, 0.05) is 18.4 Å². The molecule has 2 N–H and O–H groups in total. The summed E-state index contributed by atoms with van der Waals surface area (Å²) in [5.74, 6) is -0.373. The first-order chi connectivity index (χ1) is 10.2. The summed E-state index contributed by atoms with van der Waals surface area (Å²) in [7, 11) is 1.55. The Balaban J connectivity index is 2.48. The van der Waals surface area contributed by atoms with Crippen molar-refractivity contribution in [3.05, 3.63) is 28.8 Å². The number of hydrogen-bond acceptors (Lipinski definition) is 3. The van der Waals surface area contributed by atoms with Crippen molar-refractivity contribution in [1.82, 2.24) is 5.32 Å². The molecule has 1 rings (SSSR count). The fraction of sp³-hybridized carbons (Fsp3) is 0.500. The number of carboxylic acids is 1. The summed E-state index contributed by atoms with van der Waals surface area (Å²) in [6, 6.07) is 5.42. The Labute approximate surface area is 135 Å². The van der Waals surface area contributed by atoms with Crippen LogP contribution in [0, 0.1) is 0 Å². The van der Waals surface area contributed by atoms with Crippen LogP contribution in [0.3, 0.4) is 0 Å². The minimum atomic E-state index is -0.866. The molecule has 22 heavy (non-hydrogen) atoms. The van der Waals surface area contributed by atoms with E-state index in [4.69, 9.17) is 21.4 Å². The van der Waals surface area contributed by atoms with Crippen molar-refractivity contribution < 1.29 is 19.4 Å². The Kier molecular flexibility index (Phi) is 6.68. The third-order valence-electron chi connectivity index (χ3n) is 3.30. The van der Waals surface area contributed by atoms with Gasteiger partial charge in [-0.05, 0) is 44.4 Å². The van der Waals surface area contributed by atoms with E-state index >= 15 is 0 Å². The Morgan fingerprint density at radius 3 is 2.55 bits per heavy atom. The Morgan fingerprint density at radius 2 is 2.00 bits per heavy atom. The van der Waals surface area contributed by atoms with E-state index in [-0.39, 0.29) is 12.3 Å². The van der Waals surface area contributed by atoms with Gasteiger partial charge in [-0.15, -0.1) is 0 Å². The van der Waals surface area contributed by atoms with Gasteiger partial charge in [0.25, 0.3) is 0 Å². The molecule has 0 aromatic heterocycles. The van der Waals surface area contributed by atoms with Gasteiger partial charge < -0.3 is 15.2 Å². The van der Waals surface area contributed by atoms with E-state index in [1.165, 1.54) is 0 Å². The molecule has 0 spiro atoms. The topological polar surface area (TPSA) is 75.6 Å². The Hall–Kier alpha value is -1.75. The SMILES string of the molecule is COc1ccc(CCC(=O)NC(C)(C)CCC(=O)O)cc1Cl. The maximum atomic E-state index is 12.0. The largest absolute Gasteiger partial charge is 0.495 e. The molecule has 5 nitrogen and oxygen atoms in total. The standard InChI is InChI=1S/C16H22ClNO4/c1-16(2,9-8-15(20)21)18-14(19)7-5-11-4-6-13(22-3)12(17)10-11/h4,6,10H,5,7-9H2,1-3H3,(H,18,19)(H,20,21). The summed E-state index contributed by atoms with van der Waals surface area (Å²) in [6.07, 6.45) is 1.30. The first-order valence-corrected chi connectivity index (χ1v) is 7.46. The van der Waals surface area contributed by atoms with Crippen LogP contribution in [-0.2, 0) is 16.0 Å². The van der Waals surface area contributed by atoms with Crippen LogP contribution in [-0.4, -0.2) is 29.6 Å². The third kappa shape index (κ3) is 6.35. The highest BCUT2D eigenvalue weighted by molar-refractivity contribution is 6.32. The molecule has 0 aliphatic carbocycles. The average molecular weight is 328 g/mol. The van der Waals surface area contributed by atoms with Crippen LogP contribution in [0.25, 0.3) is 0 Å². The summed E-state index contributed by atoms with van der Waals surface area (Å²) >= 11 is 6.04. The van der Waals surface area contributed by atoms with Gasteiger partial charge in [-0.25, -0.2) is 0 Å². The van der Waals surface area contributed by atoms with Crippen LogP contribution in [0.4, 0.5) is 0 Å². The molecule has 1 aromatic carbocycles. The maximum Gasteiger partial charge on any atom is 0.303 e. The van der Waals surface area contributed by atoms with E-state index in [0.717, 1.165) is 5.56 Å². The van der Waals surface area contributed by atoms with E-state index in [0.29, 0.717) is 30.0 Å². The van der Waals surface area contributed by atoms with Crippen molar-refractivity contribution in [2.24, 2.45) is 0 Å². The molecule has 122 valence electrons. The summed E-state index contributed by atoms with van der Waals surface area (Å²) in [4.78, 5) is 22.6. The van der Waals surface area contributed by atoms with Crippen molar-refractivity contribution >= 4 is 23.5 Å². The lowest BCUT2D eigenvalue weighted by Crippen LogP contribution is -2.43. The third-order valence-corrected chi connectivity index (χ3v) is 3.59. The van der Waals surface area contributed by atoms with Crippen LogP contribution < -0.4 is 10.1 Å². The molecular weight excluding hydrogens is 306 g/mol. The van der Waals surface area contributed by atoms with Crippen LogP contribution >= 0.6 is 11.6 Å². The summed E-state index contributed by atoms with van der Waals surface area (Å²) < 4.78 is 5.08. The molecule has 0 bridgehead atoms. The smallest absolute Gasteiger partial charge is 0.303 e. The van der Waals surface area contributed by atoms with Gasteiger partial charge in [0.05, 0.1) is 12.1 Å². The first kappa shape index (κ1) is 18.3. The Morgan fingerprint density at radius 1 is 1.32 bits per heavy atom. The second-order valence-corrected chi connectivity index (χ2v) is 6.20. The molecular formula is C16H22ClNO4. The zero-order chi connectivity index (χ0) is 16.8.